The highest BCUT2D eigenvalue weighted by atomic mass is 16.5. The van der Waals surface area contributed by atoms with Crippen LogP contribution in [0.1, 0.15) is 100 Å². The van der Waals surface area contributed by atoms with Crippen molar-refractivity contribution in [3.8, 4) is 0 Å². The molecule has 0 saturated heterocycles. The second kappa shape index (κ2) is 10.2. The topological polar surface area (TPSA) is 84.7 Å². The summed E-state index contributed by atoms with van der Waals surface area (Å²) < 4.78 is 7.49. The number of carboxylic acids is 1. The van der Waals surface area contributed by atoms with Crippen molar-refractivity contribution in [1.82, 2.24) is 14.5 Å². The number of aliphatic carboxylic acids is 1. The molecule has 1 aromatic heterocycles. The van der Waals surface area contributed by atoms with Crippen LogP contribution in [-0.4, -0.2) is 45.3 Å². The molecule has 2 heterocycles. The fourth-order valence-electron chi connectivity index (χ4n) is 6.86. The molecule has 2 fully saturated rings. The van der Waals surface area contributed by atoms with Crippen molar-refractivity contribution >= 4 is 23.1 Å². The van der Waals surface area contributed by atoms with Crippen molar-refractivity contribution in [3.63, 3.8) is 0 Å². The third-order valence-corrected chi connectivity index (χ3v) is 8.81. The van der Waals surface area contributed by atoms with Gasteiger partial charge in [0.25, 0.3) is 0 Å². The van der Waals surface area contributed by atoms with Crippen LogP contribution >= 0.6 is 0 Å². The third-order valence-electron chi connectivity index (χ3n) is 8.81. The summed E-state index contributed by atoms with van der Waals surface area (Å²) in [7, 11) is 1.44. The summed E-state index contributed by atoms with van der Waals surface area (Å²) in [6, 6.07) is 4.80. The van der Waals surface area contributed by atoms with E-state index in [1.165, 1.54) is 44.8 Å². The van der Waals surface area contributed by atoms with Gasteiger partial charge in [-0.1, -0.05) is 38.2 Å². The number of ether oxygens (including phenoxy) is 1. The molecule has 2 aromatic rings. The highest BCUT2D eigenvalue weighted by molar-refractivity contribution is 5.82. The number of carbonyl (C=O) groups is 2. The first-order valence-corrected chi connectivity index (χ1v) is 13.5. The van der Waals surface area contributed by atoms with E-state index >= 15 is 0 Å². The fourth-order valence-corrected chi connectivity index (χ4v) is 6.86. The first-order valence-electron chi connectivity index (χ1n) is 13.5. The summed E-state index contributed by atoms with van der Waals surface area (Å²) in [4.78, 5) is 30.9. The molecule has 3 aliphatic rings. The zero-order chi connectivity index (χ0) is 24.5. The molecule has 5 rings (SSSR count). The zero-order valence-corrected chi connectivity index (χ0v) is 21.2. The second-order valence-corrected chi connectivity index (χ2v) is 11.0. The number of aromatic nitrogens is 2. The van der Waals surface area contributed by atoms with E-state index in [4.69, 9.17) is 9.72 Å². The maximum Gasteiger partial charge on any atom is 0.409 e. The van der Waals surface area contributed by atoms with Crippen molar-refractivity contribution in [2.75, 3.05) is 13.7 Å². The number of hydrogen-bond donors (Lipinski definition) is 1. The number of carboxylic acid groups (broad SMARTS) is 1. The van der Waals surface area contributed by atoms with Gasteiger partial charge < -0.3 is 19.3 Å². The van der Waals surface area contributed by atoms with E-state index < -0.39 is 5.97 Å². The van der Waals surface area contributed by atoms with Crippen molar-refractivity contribution in [1.29, 1.82) is 0 Å². The van der Waals surface area contributed by atoms with Crippen LogP contribution < -0.4 is 0 Å². The summed E-state index contributed by atoms with van der Waals surface area (Å²) in [5.41, 5.74) is 4.59. The number of hydrogen-bond acceptors (Lipinski definition) is 4. The van der Waals surface area contributed by atoms with Gasteiger partial charge in [-0.3, -0.25) is 4.79 Å². The second-order valence-electron chi connectivity index (χ2n) is 11.0. The van der Waals surface area contributed by atoms with Crippen LogP contribution in [0.4, 0.5) is 4.79 Å². The summed E-state index contributed by atoms with van der Waals surface area (Å²) in [6.07, 6.45) is 11.5. The van der Waals surface area contributed by atoms with E-state index in [0.717, 1.165) is 54.0 Å². The Bertz CT molecular complexity index is 1080. The lowest BCUT2D eigenvalue weighted by Crippen LogP contribution is -2.35. The third kappa shape index (κ3) is 4.78. The van der Waals surface area contributed by atoms with E-state index in [0.29, 0.717) is 32.0 Å². The maximum atomic E-state index is 12.3. The Morgan fingerprint density at radius 3 is 2.54 bits per heavy atom. The number of benzene rings is 1. The lowest BCUT2D eigenvalue weighted by molar-refractivity contribution is -0.142. The molecule has 0 spiro atoms. The largest absolute Gasteiger partial charge is 0.481 e. The summed E-state index contributed by atoms with van der Waals surface area (Å²) in [5, 5.41) is 9.49. The molecule has 1 N–H and O–H groups in total. The zero-order valence-electron chi connectivity index (χ0n) is 21.2. The Labute approximate surface area is 207 Å². The van der Waals surface area contributed by atoms with Gasteiger partial charge in [0.15, 0.2) is 0 Å². The molecule has 0 bridgehead atoms. The van der Waals surface area contributed by atoms with E-state index in [-0.39, 0.29) is 17.9 Å². The molecule has 1 aromatic carbocycles. The molecule has 2 aliphatic carbocycles. The van der Waals surface area contributed by atoms with Crippen molar-refractivity contribution in [2.45, 2.75) is 96.1 Å². The molecular formula is C28H39N3O4. The molecule has 1 atom stereocenters. The minimum Gasteiger partial charge on any atom is -0.481 e. The summed E-state index contributed by atoms with van der Waals surface area (Å²) in [5.74, 6) is 1.27. The number of fused-ring (bicyclic) bond motifs is 3. The lowest BCUT2D eigenvalue weighted by Gasteiger charge is -2.30. The van der Waals surface area contributed by atoms with E-state index in [1.54, 1.807) is 4.90 Å². The van der Waals surface area contributed by atoms with Gasteiger partial charge in [-0.2, -0.15) is 0 Å². The van der Waals surface area contributed by atoms with Gasteiger partial charge in [0.1, 0.15) is 5.82 Å². The van der Waals surface area contributed by atoms with Gasteiger partial charge in [-0.05, 0) is 63.0 Å². The van der Waals surface area contributed by atoms with Gasteiger partial charge in [0.05, 0.1) is 30.6 Å². The minimum atomic E-state index is -0.667. The maximum absolute atomic E-state index is 12.3. The Kier molecular flexibility index (Phi) is 7.03. The number of imidazole rings is 1. The van der Waals surface area contributed by atoms with Crippen molar-refractivity contribution < 1.29 is 19.4 Å². The van der Waals surface area contributed by atoms with Gasteiger partial charge >= 0.3 is 12.1 Å². The molecular weight excluding hydrogens is 442 g/mol. The predicted octanol–water partition coefficient (Wildman–Crippen LogP) is 6.05. The highest BCUT2D eigenvalue weighted by Crippen LogP contribution is 2.41. The Morgan fingerprint density at radius 2 is 1.86 bits per heavy atom. The van der Waals surface area contributed by atoms with E-state index in [2.05, 4.69) is 23.6 Å². The molecule has 35 heavy (non-hydrogen) atoms. The van der Waals surface area contributed by atoms with Crippen LogP contribution in [0.15, 0.2) is 12.1 Å². The van der Waals surface area contributed by atoms with Crippen LogP contribution in [0.5, 0.6) is 0 Å². The Balaban J connectivity index is 1.52. The van der Waals surface area contributed by atoms with Crippen LogP contribution in [0, 0.1) is 11.8 Å². The molecule has 2 saturated carbocycles. The summed E-state index contributed by atoms with van der Waals surface area (Å²) in [6.45, 7) is 3.52. The molecule has 0 radical (unpaired) electrons. The smallest absolute Gasteiger partial charge is 0.409 e. The average molecular weight is 482 g/mol. The molecule has 190 valence electrons. The van der Waals surface area contributed by atoms with Crippen LogP contribution in [0.25, 0.3) is 11.0 Å². The number of rotatable bonds is 5. The molecule has 1 aliphatic heterocycles. The monoisotopic (exact) mass is 481 g/mol. The van der Waals surface area contributed by atoms with Crippen LogP contribution in [-0.2, 0) is 22.5 Å². The molecule has 7 heteroatoms. The van der Waals surface area contributed by atoms with E-state index in [1.807, 2.05) is 0 Å². The Morgan fingerprint density at radius 1 is 1.11 bits per heavy atom. The molecule has 0 unspecified atom stereocenters. The van der Waals surface area contributed by atoms with Gasteiger partial charge in [-0.15, -0.1) is 0 Å². The van der Waals surface area contributed by atoms with Gasteiger partial charge in [0.2, 0.25) is 0 Å². The van der Waals surface area contributed by atoms with Gasteiger partial charge in [-0.25, -0.2) is 9.78 Å². The normalized spacial score (nSPS) is 24.2. The van der Waals surface area contributed by atoms with Crippen LogP contribution in [0.2, 0.25) is 0 Å². The highest BCUT2D eigenvalue weighted by Gasteiger charge is 2.33. The fraction of sp³-hybridized carbons (Fsp3) is 0.679. The quantitative estimate of drug-likeness (QED) is 0.562. The molecule has 7 nitrogen and oxygen atoms in total. The number of carbonyl (C=O) groups excluding carboxylic acids is 1. The predicted molar refractivity (Wildman–Crippen MR) is 134 cm³/mol. The van der Waals surface area contributed by atoms with Crippen LogP contribution in [0.3, 0.4) is 0 Å². The average Bonchev–Trinajstić information content (AvgIpc) is 3.29. The molecule has 1 amide bonds. The first kappa shape index (κ1) is 24.1. The van der Waals surface area contributed by atoms with E-state index in [9.17, 15) is 14.7 Å². The standard InChI is InChI=1S/C28H39N3O4/c1-18(16-19-6-4-3-5-7-19)31-24-13-12-20-14-15-30(28(34)35-2)17-23(20)25(24)29-26(31)21-8-10-22(11-9-21)27(32)33/h12-13,18-19,21-22H,3-11,14-17H2,1-2H3,(H,32,33)/t18-,21?,22?/m0/s1. The van der Waals surface area contributed by atoms with Crippen molar-refractivity contribution in [2.24, 2.45) is 11.8 Å². The minimum absolute atomic E-state index is 0.231. The number of methoxy groups -OCH3 is 1. The lowest BCUT2D eigenvalue weighted by atomic mass is 9.81. The van der Waals surface area contributed by atoms with Crippen molar-refractivity contribution in [3.05, 3.63) is 29.1 Å². The SMILES string of the molecule is COC(=O)N1CCc2ccc3c(nc(C4CCC(C(=O)O)CC4)n3[C@@H](C)CC3CCCCC3)c2C1. The van der Waals surface area contributed by atoms with Gasteiger partial charge in [0, 0.05) is 24.1 Å². The summed E-state index contributed by atoms with van der Waals surface area (Å²) >= 11 is 0. The number of nitrogens with zero attached hydrogens (tertiary/aromatic N) is 3. The Hall–Kier alpha value is -2.57. The number of amides is 1. The first-order chi connectivity index (χ1) is 17.0.